The highest BCUT2D eigenvalue weighted by Crippen LogP contribution is 2.21. The molecule has 2 unspecified atom stereocenters. The zero-order valence-corrected chi connectivity index (χ0v) is 11.9. The Labute approximate surface area is 120 Å². The third kappa shape index (κ3) is 3.72. The lowest BCUT2D eigenvalue weighted by Gasteiger charge is -2.22. The molecule has 0 amide bonds. The van der Waals surface area contributed by atoms with Crippen molar-refractivity contribution < 1.29 is 9.84 Å². The highest BCUT2D eigenvalue weighted by Gasteiger charge is 2.20. The number of benzene rings is 1. The van der Waals surface area contributed by atoms with Crippen LogP contribution in [-0.4, -0.2) is 24.4 Å². The van der Waals surface area contributed by atoms with Crippen LogP contribution in [0.4, 0.5) is 0 Å². The van der Waals surface area contributed by atoms with Crippen LogP contribution in [0.25, 0.3) is 0 Å². The van der Waals surface area contributed by atoms with Gasteiger partial charge in [-0.05, 0) is 30.5 Å². The summed E-state index contributed by atoms with van der Waals surface area (Å²) >= 11 is 0. The molecule has 108 valence electrons. The first-order valence-corrected chi connectivity index (χ1v) is 7.23. The average molecular weight is 274 g/mol. The Bertz CT molecular complexity index is 482. The molecular formula is C16H22N2O2. The van der Waals surface area contributed by atoms with Gasteiger partial charge in [-0.3, -0.25) is 0 Å². The number of aliphatic hydroxyl groups excluding tert-OH is 1. The van der Waals surface area contributed by atoms with Crippen LogP contribution >= 0.6 is 0 Å². The smallest absolute Gasteiger partial charge is 0.136 e. The predicted molar refractivity (Wildman–Crippen MR) is 77.4 cm³/mol. The van der Waals surface area contributed by atoms with Crippen molar-refractivity contribution in [3.05, 3.63) is 29.3 Å². The van der Waals surface area contributed by atoms with Crippen molar-refractivity contribution in [3.8, 4) is 11.8 Å². The Balaban J connectivity index is 1.98. The van der Waals surface area contributed by atoms with E-state index in [1.807, 2.05) is 12.1 Å². The zero-order chi connectivity index (χ0) is 14.4. The van der Waals surface area contributed by atoms with Gasteiger partial charge in [0.05, 0.1) is 18.8 Å². The van der Waals surface area contributed by atoms with E-state index in [0.717, 1.165) is 24.8 Å². The highest BCUT2D eigenvalue weighted by atomic mass is 16.5. The molecule has 20 heavy (non-hydrogen) atoms. The van der Waals surface area contributed by atoms with Crippen LogP contribution in [0.3, 0.4) is 0 Å². The van der Waals surface area contributed by atoms with Crippen molar-refractivity contribution in [2.75, 3.05) is 7.11 Å². The third-order valence-corrected chi connectivity index (χ3v) is 3.93. The maximum absolute atomic E-state index is 10.1. The summed E-state index contributed by atoms with van der Waals surface area (Å²) in [6, 6.07) is 7.86. The Morgan fingerprint density at radius 2 is 2.15 bits per heavy atom. The van der Waals surface area contributed by atoms with Crippen LogP contribution in [-0.2, 0) is 6.54 Å². The largest absolute Gasteiger partial charge is 0.495 e. The summed E-state index contributed by atoms with van der Waals surface area (Å²) in [6.45, 7) is 0.684. The summed E-state index contributed by atoms with van der Waals surface area (Å²) in [5, 5.41) is 22.5. The number of nitriles is 1. The van der Waals surface area contributed by atoms with E-state index in [1.165, 1.54) is 12.8 Å². The fourth-order valence-corrected chi connectivity index (χ4v) is 2.71. The van der Waals surface area contributed by atoms with Crippen LogP contribution in [0, 0.1) is 11.3 Å². The number of nitrogens with zero attached hydrogens (tertiary/aromatic N) is 1. The molecule has 1 aromatic carbocycles. The molecule has 0 radical (unpaired) electrons. The van der Waals surface area contributed by atoms with E-state index in [1.54, 1.807) is 13.2 Å². The lowest BCUT2D eigenvalue weighted by atomic mass is 10.1. The molecule has 4 nitrogen and oxygen atoms in total. The summed E-state index contributed by atoms with van der Waals surface area (Å²) in [4.78, 5) is 0. The number of nitrogens with one attached hydrogen (secondary N) is 1. The Kier molecular flexibility index (Phi) is 5.40. The molecule has 1 aliphatic carbocycles. The molecule has 2 atom stereocenters. The van der Waals surface area contributed by atoms with Crippen LogP contribution < -0.4 is 10.1 Å². The van der Waals surface area contributed by atoms with Gasteiger partial charge in [0, 0.05) is 12.6 Å². The molecule has 1 aromatic rings. The predicted octanol–water partition coefficient (Wildman–Crippen LogP) is 2.35. The van der Waals surface area contributed by atoms with Crippen LogP contribution in [0.2, 0.25) is 0 Å². The topological polar surface area (TPSA) is 65.3 Å². The number of methoxy groups -OCH3 is 1. The molecular weight excluding hydrogens is 252 g/mol. The second-order valence-corrected chi connectivity index (χ2v) is 5.34. The van der Waals surface area contributed by atoms with E-state index in [4.69, 9.17) is 10.00 Å². The standard InChI is InChI=1S/C16H22N2O2/c1-20-16-9-12(7-8-13(16)10-17)11-18-14-5-3-2-4-6-15(14)19/h7-9,14-15,18-19H,2-6,11H2,1H3. The molecule has 1 aliphatic rings. The van der Waals surface area contributed by atoms with E-state index in [9.17, 15) is 5.11 Å². The maximum Gasteiger partial charge on any atom is 0.136 e. The molecule has 0 aromatic heterocycles. The Morgan fingerprint density at radius 1 is 1.35 bits per heavy atom. The van der Waals surface area contributed by atoms with Crippen molar-refractivity contribution in [1.29, 1.82) is 5.26 Å². The lowest BCUT2D eigenvalue weighted by Crippen LogP contribution is -2.38. The van der Waals surface area contributed by atoms with Gasteiger partial charge in [-0.15, -0.1) is 0 Å². The molecule has 2 rings (SSSR count). The van der Waals surface area contributed by atoms with Crippen LogP contribution in [0.1, 0.15) is 43.2 Å². The summed E-state index contributed by atoms with van der Waals surface area (Å²) in [7, 11) is 1.57. The van der Waals surface area contributed by atoms with Crippen molar-refractivity contribution >= 4 is 0 Å². The SMILES string of the molecule is COc1cc(CNC2CCCCCC2O)ccc1C#N. The monoisotopic (exact) mass is 274 g/mol. The molecule has 2 N–H and O–H groups in total. The quantitative estimate of drug-likeness (QED) is 0.827. The van der Waals surface area contributed by atoms with E-state index in [-0.39, 0.29) is 12.1 Å². The van der Waals surface area contributed by atoms with Gasteiger partial charge in [0.15, 0.2) is 0 Å². The van der Waals surface area contributed by atoms with Gasteiger partial charge in [0.25, 0.3) is 0 Å². The van der Waals surface area contributed by atoms with Crippen molar-refractivity contribution in [2.24, 2.45) is 0 Å². The van der Waals surface area contributed by atoms with Crippen molar-refractivity contribution in [3.63, 3.8) is 0 Å². The van der Waals surface area contributed by atoms with Gasteiger partial charge < -0.3 is 15.2 Å². The fraction of sp³-hybridized carbons (Fsp3) is 0.562. The summed E-state index contributed by atoms with van der Waals surface area (Å²) in [5.74, 6) is 0.605. The van der Waals surface area contributed by atoms with Gasteiger partial charge in [-0.2, -0.15) is 5.26 Å². The van der Waals surface area contributed by atoms with Gasteiger partial charge in [0.1, 0.15) is 11.8 Å². The van der Waals surface area contributed by atoms with Gasteiger partial charge >= 0.3 is 0 Å². The Morgan fingerprint density at radius 3 is 2.90 bits per heavy atom. The molecule has 0 spiro atoms. The van der Waals surface area contributed by atoms with Crippen LogP contribution in [0.15, 0.2) is 18.2 Å². The van der Waals surface area contributed by atoms with E-state index in [0.29, 0.717) is 17.9 Å². The maximum atomic E-state index is 10.1. The Hall–Kier alpha value is -1.57. The molecule has 4 heteroatoms. The molecule has 0 heterocycles. The van der Waals surface area contributed by atoms with Gasteiger partial charge in [-0.25, -0.2) is 0 Å². The average Bonchev–Trinajstić information content (AvgIpc) is 2.69. The number of rotatable bonds is 4. The molecule has 1 fully saturated rings. The first kappa shape index (κ1) is 14.8. The van der Waals surface area contributed by atoms with Gasteiger partial charge in [-0.1, -0.05) is 25.3 Å². The van der Waals surface area contributed by atoms with Crippen molar-refractivity contribution in [2.45, 2.75) is 50.8 Å². The van der Waals surface area contributed by atoms with Gasteiger partial charge in [0.2, 0.25) is 0 Å². The second kappa shape index (κ2) is 7.28. The minimum absolute atomic E-state index is 0.166. The first-order valence-electron chi connectivity index (χ1n) is 7.23. The molecule has 0 saturated heterocycles. The summed E-state index contributed by atoms with van der Waals surface area (Å²) in [5.41, 5.74) is 1.61. The van der Waals surface area contributed by atoms with E-state index < -0.39 is 0 Å². The number of hydrogen-bond acceptors (Lipinski definition) is 4. The normalized spacial score (nSPS) is 22.9. The highest BCUT2D eigenvalue weighted by molar-refractivity contribution is 5.45. The number of ether oxygens (including phenoxy) is 1. The molecule has 0 aliphatic heterocycles. The molecule has 0 bridgehead atoms. The van der Waals surface area contributed by atoms with Crippen LogP contribution in [0.5, 0.6) is 5.75 Å². The number of aliphatic hydroxyl groups is 1. The van der Waals surface area contributed by atoms with E-state index >= 15 is 0 Å². The molecule has 1 saturated carbocycles. The number of hydrogen-bond donors (Lipinski definition) is 2. The minimum Gasteiger partial charge on any atom is -0.495 e. The second-order valence-electron chi connectivity index (χ2n) is 5.34. The fourth-order valence-electron chi connectivity index (χ4n) is 2.71. The zero-order valence-electron chi connectivity index (χ0n) is 11.9. The first-order chi connectivity index (χ1) is 9.74. The summed E-state index contributed by atoms with van der Waals surface area (Å²) < 4.78 is 5.21. The van der Waals surface area contributed by atoms with Crippen molar-refractivity contribution in [1.82, 2.24) is 5.32 Å². The lowest BCUT2D eigenvalue weighted by molar-refractivity contribution is 0.119. The third-order valence-electron chi connectivity index (χ3n) is 3.93. The minimum atomic E-state index is -0.252. The summed E-state index contributed by atoms with van der Waals surface area (Å²) in [6.07, 6.45) is 5.15. The van der Waals surface area contributed by atoms with E-state index in [2.05, 4.69) is 11.4 Å².